The molecule has 46 nitrogen and oxygen atoms in total. The predicted octanol–water partition coefficient (Wildman–Crippen LogP) is -9.26. The molecule has 2 aliphatic heterocycles. The van der Waals surface area contributed by atoms with Crippen LogP contribution in [0.5, 0.6) is 0 Å². The first-order chi connectivity index (χ1) is 57.9. The van der Waals surface area contributed by atoms with Crippen molar-refractivity contribution in [1.82, 2.24) is 78.6 Å². The van der Waals surface area contributed by atoms with Crippen LogP contribution in [0, 0.1) is 11.8 Å². The SMILES string of the molecule is CC(C)C[C@H](NC(=O)[C@H](Cc1c[nH]c2ccccc12)NC(=O)CNC(=O)[C@H](CCCN=C(N)N)NC(=O)[C@H](CO)NC(=O)[C@H](CCCN=C(N)N)NC(=O)[C@H](Cc1ccccc1)NC(=O)[C@@H](NC(=O)[C@H](CO)NC(=O)[C@H](CC(=O)O)NC(=O)[C@@H]1CCCN1C(=O)[C@@H]1CCCN1C(=O)[C@H](CCCN=C(N)N)NC(=O)CN)C(C)C)C(=O)N[C@@H](CO)C(=O)O. The zero-order valence-corrected chi connectivity index (χ0v) is 68.4. The van der Waals surface area contributed by atoms with Gasteiger partial charge in [0, 0.05) is 62.7 Å². The molecule has 14 amide bonds. The summed E-state index contributed by atoms with van der Waals surface area (Å²) in [6.45, 7) is 1.89. The van der Waals surface area contributed by atoms with Crippen molar-refractivity contribution in [2.24, 2.45) is 66.9 Å². The minimum absolute atomic E-state index is 0.00382. The summed E-state index contributed by atoms with van der Waals surface area (Å²) in [5, 5.41) is 80.4. The second kappa shape index (κ2) is 50.3. The number of fused-ring (bicyclic) bond motifs is 1. The molecule has 13 atom stereocenters. The minimum atomic E-state index is -1.95. The monoisotopic (exact) mass is 1720 g/mol. The Balaban J connectivity index is 1.32. The average molecular weight is 1720 g/mol. The van der Waals surface area contributed by atoms with Crippen molar-refractivity contribution in [2.75, 3.05) is 65.6 Å². The van der Waals surface area contributed by atoms with Gasteiger partial charge >= 0.3 is 11.9 Å². The minimum Gasteiger partial charge on any atom is -0.481 e. The zero-order chi connectivity index (χ0) is 90.4. The number of benzene rings is 2. The number of aliphatic hydroxyl groups excluding tert-OH is 3. The quantitative estimate of drug-likeness (QED) is 0.0142. The summed E-state index contributed by atoms with van der Waals surface area (Å²) in [6, 6.07) is -5.20. The third-order valence-corrected chi connectivity index (χ3v) is 19.7. The molecule has 2 aromatic carbocycles. The molecule has 2 fully saturated rings. The molecule has 672 valence electrons. The molecule has 2 aliphatic rings. The number of hydrogen-bond donors (Lipinski definition) is 25. The number of aliphatic imine (C=N–C) groups is 3. The molecule has 0 radical (unpaired) electrons. The van der Waals surface area contributed by atoms with E-state index in [1.54, 1.807) is 74.6 Å². The third kappa shape index (κ3) is 32.4. The summed E-state index contributed by atoms with van der Waals surface area (Å²) in [5.74, 6) is -18.7. The summed E-state index contributed by atoms with van der Waals surface area (Å²) >= 11 is 0. The number of likely N-dealkylation sites (tertiary alicyclic amines) is 2. The number of aromatic amines is 1. The maximum Gasteiger partial charge on any atom is 0.328 e. The van der Waals surface area contributed by atoms with Gasteiger partial charge in [-0.15, -0.1) is 0 Å². The standard InChI is InChI=1S/C76H117N25O21/c1-39(2)29-48(63(111)98-54(38-104)73(121)122)93-65(113)50(31-42-34-87-44-18-9-8-17-43(42)44)90-58(106)35-88-61(109)45(19-10-24-84-74(78)79)91-67(115)52(36-102)96-62(110)46(20-11-25-85-75(80)81)92-64(112)49(30-41-15-6-5-7-16-41)95-70(118)60(40(3)4)99-68(116)53(37-103)97-66(114)51(32-59(107)108)94-69(117)55-22-13-27-100(55)72(120)56-23-14-28-101(56)71(119)47(89-57(105)33-77)21-12-26-86-76(82)83/h5-9,15-18,34,39-40,45-56,60,87,102-104H,10-14,19-33,35-38,77H2,1-4H3,(H,88,109)(H,89,105)(H,90,106)(H,91,115)(H,92,112)(H,93,113)(H,94,117)(H,95,118)(H,96,110)(H,97,114)(H,98,111)(H,99,116)(H,107,108)(H,121,122)(H4,78,79,84)(H4,80,81,85)(H4,82,83,86)/t45-,46-,47-,48-,49-,50-,51-,52-,53-,54-,55-,56-,60-/m0/s1. The number of carbonyl (C=O) groups excluding carboxylic acids is 14. The molecule has 122 heavy (non-hydrogen) atoms. The number of nitrogens with zero attached hydrogens (tertiary/aromatic N) is 5. The highest BCUT2D eigenvalue weighted by Crippen LogP contribution is 2.27. The first-order valence-corrected chi connectivity index (χ1v) is 39.8. The van der Waals surface area contributed by atoms with E-state index in [0.717, 1.165) is 0 Å². The molecule has 0 bridgehead atoms. The van der Waals surface area contributed by atoms with E-state index in [4.69, 9.17) is 40.1 Å². The summed E-state index contributed by atoms with van der Waals surface area (Å²) in [5.41, 5.74) is 40.3. The molecule has 5 rings (SSSR count). The lowest BCUT2D eigenvalue weighted by Crippen LogP contribution is -2.62. The van der Waals surface area contributed by atoms with Crippen LogP contribution < -0.4 is 104 Å². The van der Waals surface area contributed by atoms with Crippen LogP contribution >= 0.6 is 0 Å². The van der Waals surface area contributed by atoms with Crippen LogP contribution in [-0.4, -0.2) is 297 Å². The highest BCUT2D eigenvalue weighted by molar-refractivity contribution is 6.01. The number of aliphatic carboxylic acids is 2. The highest BCUT2D eigenvalue weighted by Gasteiger charge is 2.45. The van der Waals surface area contributed by atoms with Crippen LogP contribution in [0.25, 0.3) is 10.9 Å². The number of carboxylic acid groups (broad SMARTS) is 2. The Morgan fingerprint density at radius 3 is 1.46 bits per heavy atom. The normalized spacial score (nSPS) is 16.3. The number of guanidine groups is 3. The van der Waals surface area contributed by atoms with Crippen molar-refractivity contribution in [1.29, 1.82) is 0 Å². The Morgan fingerprint density at radius 2 is 0.926 bits per heavy atom. The fourth-order valence-electron chi connectivity index (χ4n) is 13.5. The van der Waals surface area contributed by atoms with E-state index in [9.17, 15) is 102 Å². The molecule has 0 aliphatic carbocycles. The molecule has 46 heteroatoms. The lowest BCUT2D eigenvalue weighted by Gasteiger charge is -2.33. The van der Waals surface area contributed by atoms with E-state index >= 15 is 0 Å². The van der Waals surface area contributed by atoms with Crippen molar-refractivity contribution in [2.45, 2.75) is 196 Å². The van der Waals surface area contributed by atoms with Gasteiger partial charge < -0.3 is 144 Å². The van der Waals surface area contributed by atoms with Crippen LogP contribution in [0.2, 0.25) is 0 Å². The fourth-order valence-corrected chi connectivity index (χ4v) is 13.5. The van der Waals surface area contributed by atoms with Gasteiger partial charge in [-0.1, -0.05) is 76.2 Å². The van der Waals surface area contributed by atoms with Crippen LogP contribution in [0.1, 0.15) is 116 Å². The van der Waals surface area contributed by atoms with Gasteiger partial charge in [0.05, 0.1) is 39.3 Å². The van der Waals surface area contributed by atoms with Gasteiger partial charge in [0.2, 0.25) is 82.7 Å². The summed E-state index contributed by atoms with van der Waals surface area (Å²) in [4.78, 5) is 239. The zero-order valence-electron chi connectivity index (χ0n) is 68.4. The molecule has 3 heterocycles. The van der Waals surface area contributed by atoms with Gasteiger partial charge in [0.1, 0.15) is 78.5 Å². The van der Waals surface area contributed by atoms with E-state index in [1.807, 2.05) is 0 Å². The number of aliphatic hydroxyl groups is 3. The largest absolute Gasteiger partial charge is 0.481 e. The second-order valence-corrected chi connectivity index (χ2v) is 30.0. The molecule has 0 spiro atoms. The molecule has 1 aromatic heterocycles. The van der Waals surface area contributed by atoms with Crippen molar-refractivity contribution in [3.8, 4) is 0 Å². The first-order valence-electron chi connectivity index (χ1n) is 39.8. The van der Waals surface area contributed by atoms with Crippen molar-refractivity contribution < 1.29 is 102 Å². The fraction of sp³-hybridized carbons (Fsp3) is 0.566. The second-order valence-electron chi connectivity index (χ2n) is 30.0. The van der Waals surface area contributed by atoms with E-state index in [1.165, 1.54) is 23.6 Å². The van der Waals surface area contributed by atoms with Crippen LogP contribution in [0.3, 0.4) is 0 Å². The molecule has 3 aromatic rings. The predicted molar refractivity (Wildman–Crippen MR) is 440 cm³/mol. The van der Waals surface area contributed by atoms with Crippen LogP contribution in [0.15, 0.2) is 75.8 Å². The number of H-pyrrole nitrogens is 1. The summed E-state index contributed by atoms with van der Waals surface area (Å²) in [7, 11) is 0. The number of carbonyl (C=O) groups is 16. The number of para-hydroxylation sites is 1. The number of amides is 14. The summed E-state index contributed by atoms with van der Waals surface area (Å²) in [6.07, 6.45) is 0.608. The molecule has 32 N–H and O–H groups in total. The topological polar surface area (TPSA) is 760 Å². The molecule has 2 saturated heterocycles. The molecular formula is C76H117N25O21. The Hall–Kier alpha value is -12.8. The summed E-state index contributed by atoms with van der Waals surface area (Å²) < 4.78 is 0. The van der Waals surface area contributed by atoms with Crippen LogP contribution in [0.4, 0.5) is 0 Å². The van der Waals surface area contributed by atoms with Gasteiger partial charge in [0.25, 0.3) is 0 Å². The van der Waals surface area contributed by atoms with Gasteiger partial charge in [-0.05, 0) is 99.7 Å². The van der Waals surface area contributed by atoms with E-state index < -0.39 is 218 Å². The number of rotatable bonds is 51. The van der Waals surface area contributed by atoms with Gasteiger partial charge in [-0.25, -0.2) is 4.79 Å². The van der Waals surface area contributed by atoms with Gasteiger partial charge in [-0.2, -0.15) is 0 Å². The number of hydrogen-bond acceptors (Lipinski definition) is 23. The highest BCUT2D eigenvalue weighted by atomic mass is 16.4. The Bertz CT molecular complexity index is 4210. The van der Waals surface area contributed by atoms with Crippen molar-refractivity contribution in [3.63, 3.8) is 0 Å². The molecule has 0 unspecified atom stereocenters. The molecule has 0 saturated carbocycles. The Kier molecular flexibility index (Phi) is 41.1. The third-order valence-electron chi connectivity index (χ3n) is 19.7. The molecular weight excluding hydrogens is 1600 g/mol. The lowest BCUT2D eigenvalue weighted by atomic mass is 10.00. The maximum atomic E-state index is 14.8. The van der Waals surface area contributed by atoms with Crippen molar-refractivity contribution in [3.05, 3.63) is 71.9 Å². The van der Waals surface area contributed by atoms with E-state index in [0.29, 0.717) is 28.5 Å². The number of nitrogens with one attached hydrogen (secondary N) is 13. The van der Waals surface area contributed by atoms with Crippen LogP contribution in [-0.2, 0) is 89.6 Å². The Morgan fingerprint density at radius 1 is 0.475 bits per heavy atom. The number of nitrogens with two attached hydrogens (primary N) is 7. The number of aromatic nitrogens is 1. The number of carboxylic acids is 2. The first kappa shape index (κ1) is 99.7. The maximum absolute atomic E-state index is 14.8. The Labute approximate surface area is 702 Å². The van der Waals surface area contributed by atoms with Gasteiger partial charge in [-0.3, -0.25) is 86.9 Å². The smallest absolute Gasteiger partial charge is 0.328 e. The van der Waals surface area contributed by atoms with Gasteiger partial charge in [0.15, 0.2) is 17.9 Å². The van der Waals surface area contributed by atoms with Crippen molar-refractivity contribution >= 4 is 123 Å². The van der Waals surface area contributed by atoms with E-state index in [2.05, 4.69) is 83.8 Å². The lowest BCUT2D eigenvalue weighted by molar-refractivity contribution is -0.148. The van der Waals surface area contributed by atoms with E-state index in [-0.39, 0.29) is 134 Å². The average Bonchev–Trinajstić information content (AvgIpc) is 1.65.